The molecule has 1 rings (SSSR count). The lowest BCUT2D eigenvalue weighted by Gasteiger charge is -2.30. The number of hydrogen-bond donors (Lipinski definition) is 4. The number of nitrogens with zero attached hydrogens (tertiary/aromatic N) is 1. The van der Waals surface area contributed by atoms with Crippen molar-refractivity contribution >= 4 is 29.4 Å². The molecule has 3 amide bonds. The Kier molecular flexibility index (Phi) is 9.10. The van der Waals surface area contributed by atoms with E-state index in [1.165, 1.54) is 11.8 Å². The second-order valence-electron chi connectivity index (χ2n) is 6.78. The maximum absolute atomic E-state index is 12.8. The first-order valence-electron chi connectivity index (χ1n) is 9.04. The molecular formula is C19H28N4O5. The lowest BCUT2D eigenvalue weighted by atomic mass is 10.0. The number of aliphatic carboxylic acids is 1. The Morgan fingerprint density at radius 2 is 1.68 bits per heavy atom. The van der Waals surface area contributed by atoms with Crippen LogP contribution in [0.5, 0.6) is 0 Å². The van der Waals surface area contributed by atoms with Gasteiger partial charge in [-0.25, -0.2) is 0 Å². The highest BCUT2D eigenvalue weighted by Crippen LogP contribution is 2.17. The molecular weight excluding hydrogens is 364 g/mol. The van der Waals surface area contributed by atoms with E-state index in [4.69, 9.17) is 10.8 Å². The van der Waals surface area contributed by atoms with Gasteiger partial charge in [0.25, 0.3) is 0 Å². The molecule has 0 saturated carbocycles. The molecule has 0 aliphatic rings. The molecule has 154 valence electrons. The van der Waals surface area contributed by atoms with Gasteiger partial charge in [-0.05, 0) is 31.4 Å². The summed E-state index contributed by atoms with van der Waals surface area (Å²) in [5, 5.41) is 13.6. The van der Waals surface area contributed by atoms with Crippen LogP contribution in [0.1, 0.15) is 27.2 Å². The number of benzene rings is 1. The maximum atomic E-state index is 12.8. The third-order valence-electron chi connectivity index (χ3n) is 4.00. The SMILES string of the molecule is CC(C)C[C@H](NC(=O)[C@H](C)N(C(=O)CN)c1ccccc1)C(=O)NCC(=O)O. The van der Waals surface area contributed by atoms with Crippen molar-refractivity contribution in [3.63, 3.8) is 0 Å². The highest BCUT2D eigenvalue weighted by molar-refractivity contribution is 6.02. The molecule has 9 nitrogen and oxygen atoms in total. The van der Waals surface area contributed by atoms with Crippen molar-refractivity contribution in [3.05, 3.63) is 30.3 Å². The Bertz CT molecular complexity index is 693. The minimum Gasteiger partial charge on any atom is -0.480 e. The molecule has 0 aliphatic carbocycles. The van der Waals surface area contributed by atoms with Crippen LogP contribution in [0.4, 0.5) is 5.69 Å². The quantitative estimate of drug-likeness (QED) is 0.445. The van der Waals surface area contributed by atoms with E-state index in [1.807, 2.05) is 13.8 Å². The topological polar surface area (TPSA) is 142 Å². The molecule has 0 aromatic heterocycles. The van der Waals surface area contributed by atoms with Crippen LogP contribution in [0.2, 0.25) is 0 Å². The summed E-state index contributed by atoms with van der Waals surface area (Å²) in [6, 6.07) is 6.78. The molecule has 0 bridgehead atoms. The Morgan fingerprint density at radius 1 is 1.07 bits per heavy atom. The van der Waals surface area contributed by atoms with Gasteiger partial charge < -0.3 is 21.5 Å². The van der Waals surface area contributed by atoms with Gasteiger partial charge in [0, 0.05) is 5.69 Å². The smallest absolute Gasteiger partial charge is 0.322 e. The molecule has 1 aromatic rings. The van der Waals surface area contributed by atoms with Gasteiger partial charge in [-0.3, -0.25) is 24.1 Å². The minimum absolute atomic E-state index is 0.0760. The largest absolute Gasteiger partial charge is 0.480 e. The predicted molar refractivity (Wildman–Crippen MR) is 104 cm³/mol. The first-order chi connectivity index (χ1) is 13.2. The van der Waals surface area contributed by atoms with E-state index in [0.717, 1.165) is 0 Å². The molecule has 0 fully saturated rings. The lowest BCUT2D eigenvalue weighted by molar-refractivity contribution is -0.138. The highest BCUT2D eigenvalue weighted by Gasteiger charge is 2.30. The van der Waals surface area contributed by atoms with Crippen LogP contribution < -0.4 is 21.3 Å². The third kappa shape index (κ3) is 6.99. The number of carbonyl (C=O) groups excluding carboxylic acids is 3. The van der Waals surface area contributed by atoms with Crippen LogP contribution in [0, 0.1) is 5.92 Å². The second kappa shape index (κ2) is 11.0. The van der Waals surface area contributed by atoms with E-state index in [1.54, 1.807) is 30.3 Å². The molecule has 0 unspecified atom stereocenters. The van der Waals surface area contributed by atoms with Crippen molar-refractivity contribution in [2.45, 2.75) is 39.3 Å². The fourth-order valence-corrected chi connectivity index (χ4v) is 2.67. The summed E-state index contributed by atoms with van der Waals surface area (Å²) in [7, 11) is 0. The molecule has 2 atom stereocenters. The van der Waals surface area contributed by atoms with Gasteiger partial charge in [0.1, 0.15) is 18.6 Å². The van der Waals surface area contributed by atoms with Gasteiger partial charge in [-0.15, -0.1) is 0 Å². The van der Waals surface area contributed by atoms with Crippen molar-refractivity contribution < 1.29 is 24.3 Å². The average molecular weight is 392 g/mol. The van der Waals surface area contributed by atoms with E-state index in [9.17, 15) is 19.2 Å². The predicted octanol–water partition coefficient (Wildman–Crippen LogP) is 0.0985. The summed E-state index contributed by atoms with van der Waals surface area (Å²) < 4.78 is 0. The van der Waals surface area contributed by atoms with Crippen LogP contribution in [-0.2, 0) is 19.2 Å². The van der Waals surface area contributed by atoms with Crippen LogP contribution in [-0.4, -0.2) is 54.0 Å². The molecule has 0 heterocycles. The number of carbonyl (C=O) groups is 4. The molecule has 0 radical (unpaired) electrons. The zero-order valence-corrected chi connectivity index (χ0v) is 16.3. The standard InChI is InChI=1S/C19H28N4O5/c1-12(2)9-15(19(28)21-11-17(25)26)22-18(27)13(3)23(16(24)10-20)14-7-5-4-6-8-14/h4-8,12-13,15H,9-11,20H2,1-3H3,(H,21,28)(H,22,27)(H,25,26)/t13-,15-/m0/s1. The van der Waals surface area contributed by atoms with Crippen LogP contribution in [0.15, 0.2) is 30.3 Å². The van der Waals surface area contributed by atoms with Gasteiger partial charge in [-0.1, -0.05) is 32.0 Å². The number of hydrogen-bond acceptors (Lipinski definition) is 5. The molecule has 0 spiro atoms. The number of rotatable bonds is 10. The summed E-state index contributed by atoms with van der Waals surface area (Å²) in [6.07, 6.45) is 0.320. The van der Waals surface area contributed by atoms with Crippen molar-refractivity contribution in [1.82, 2.24) is 10.6 Å². The van der Waals surface area contributed by atoms with Crippen LogP contribution in [0.25, 0.3) is 0 Å². The van der Waals surface area contributed by atoms with Gasteiger partial charge >= 0.3 is 5.97 Å². The zero-order chi connectivity index (χ0) is 21.3. The van der Waals surface area contributed by atoms with E-state index in [0.29, 0.717) is 12.1 Å². The van der Waals surface area contributed by atoms with Crippen molar-refractivity contribution in [2.24, 2.45) is 11.7 Å². The van der Waals surface area contributed by atoms with Crippen LogP contribution >= 0.6 is 0 Å². The summed E-state index contributed by atoms with van der Waals surface area (Å²) in [5.74, 6) is -2.67. The van der Waals surface area contributed by atoms with Gasteiger partial charge in [0.05, 0.1) is 6.54 Å². The number of para-hydroxylation sites is 1. The van der Waals surface area contributed by atoms with Gasteiger partial charge in [0.2, 0.25) is 17.7 Å². The number of anilines is 1. The van der Waals surface area contributed by atoms with Crippen molar-refractivity contribution in [1.29, 1.82) is 0 Å². The van der Waals surface area contributed by atoms with E-state index < -0.39 is 42.3 Å². The number of amides is 3. The van der Waals surface area contributed by atoms with Crippen molar-refractivity contribution in [2.75, 3.05) is 18.0 Å². The summed E-state index contributed by atoms with van der Waals surface area (Å²) in [4.78, 5) is 49.3. The first kappa shape index (κ1) is 23.1. The lowest BCUT2D eigenvalue weighted by Crippen LogP contribution is -2.55. The van der Waals surface area contributed by atoms with E-state index in [2.05, 4.69) is 10.6 Å². The average Bonchev–Trinajstić information content (AvgIpc) is 2.65. The Morgan fingerprint density at radius 3 is 2.18 bits per heavy atom. The first-order valence-corrected chi connectivity index (χ1v) is 9.04. The Hall–Kier alpha value is -2.94. The van der Waals surface area contributed by atoms with Crippen LogP contribution in [0.3, 0.4) is 0 Å². The second-order valence-corrected chi connectivity index (χ2v) is 6.78. The summed E-state index contributed by atoms with van der Waals surface area (Å²) in [5.41, 5.74) is 6.00. The highest BCUT2D eigenvalue weighted by atomic mass is 16.4. The number of nitrogens with two attached hydrogens (primary N) is 1. The molecule has 28 heavy (non-hydrogen) atoms. The molecule has 9 heteroatoms. The molecule has 0 aliphatic heterocycles. The fraction of sp³-hybridized carbons (Fsp3) is 0.474. The molecule has 5 N–H and O–H groups in total. The monoisotopic (exact) mass is 392 g/mol. The normalized spacial score (nSPS) is 12.8. The number of carboxylic acid groups (broad SMARTS) is 1. The minimum atomic E-state index is -1.18. The van der Waals surface area contributed by atoms with Crippen molar-refractivity contribution in [3.8, 4) is 0 Å². The van der Waals surface area contributed by atoms with Gasteiger partial charge in [-0.2, -0.15) is 0 Å². The summed E-state index contributed by atoms with van der Waals surface area (Å²) >= 11 is 0. The fourth-order valence-electron chi connectivity index (χ4n) is 2.67. The third-order valence-corrected chi connectivity index (χ3v) is 4.00. The number of carboxylic acids is 1. The summed E-state index contributed by atoms with van der Waals surface area (Å²) in [6.45, 7) is 4.47. The Balaban J connectivity index is 2.98. The van der Waals surface area contributed by atoms with E-state index in [-0.39, 0.29) is 12.5 Å². The maximum Gasteiger partial charge on any atom is 0.322 e. The van der Waals surface area contributed by atoms with Gasteiger partial charge in [0.15, 0.2) is 0 Å². The van der Waals surface area contributed by atoms with E-state index >= 15 is 0 Å². The number of nitrogens with one attached hydrogen (secondary N) is 2. The Labute approximate surface area is 164 Å². The molecule has 0 saturated heterocycles. The molecule has 1 aromatic carbocycles. The zero-order valence-electron chi connectivity index (χ0n) is 16.3.